The summed E-state index contributed by atoms with van der Waals surface area (Å²) in [4.78, 5) is 5.62. The number of nitrogens with zero attached hydrogens (tertiary/aromatic N) is 2. The average molecular weight is 291 g/mol. The van der Waals surface area contributed by atoms with E-state index in [2.05, 4.69) is 47.9 Å². The number of hydrogen-bond acceptors (Lipinski definition) is 3. The molecule has 110 valence electrons. The van der Waals surface area contributed by atoms with Gasteiger partial charge in [-0.1, -0.05) is 49.5 Å². The molecule has 1 saturated heterocycles. The van der Waals surface area contributed by atoms with Gasteiger partial charge in [0.2, 0.25) is 0 Å². The van der Waals surface area contributed by atoms with E-state index >= 15 is 0 Å². The molecule has 3 nitrogen and oxygen atoms in total. The fourth-order valence-corrected chi connectivity index (χ4v) is 3.22. The molecule has 0 radical (unpaired) electrons. The minimum absolute atomic E-state index is 0.159. The van der Waals surface area contributed by atoms with Crippen LogP contribution in [-0.4, -0.2) is 53.6 Å². The van der Waals surface area contributed by atoms with Crippen LogP contribution in [0.5, 0.6) is 0 Å². The molecule has 2 N–H and O–H groups in total. The van der Waals surface area contributed by atoms with Gasteiger partial charge in [0.05, 0.1) is 4.99 Å². The van der Waals surface area contributed by atoms with Crippen molar-refractivity contribution in [3.05, 3.63) is 35.9 Å². The van der Waals surface area contributed by atoms with E-state index in [-0.39, 0.29) is 5.92 Å². The smallest absolute Gasteiger partial charge is 0.0816 e. The first-order valence-corrected chi connectivity index (χ1v) is 7.83. The maximum Gasteiger partial charge on any atom is 0.0816 e. The van der Waals surface area contributed by atoms with Gasteiger partial charge in [0, 0.05) is 38.1 Å². The van der Waals surface area contributed by atoms with Crippen molar-refractivity contribution in [1.29, 1.82) is 0 Å². The van der Waals surface area contributed by atoms with Gasteiger partial charge in [0.15, 0.2) is 0 Å². The lowest BCUT2D eigenvalue weighted by atomic mass is 9.98. The Labute approximate surface area is 127 Å². The summed E-state index contributed by atoms with van der Waals surface area (Å²) in [6, 6.07) is 11.0. The van der Waals surface area contributed by atoms with E-state index in [9.17, 15) is 0 Å². The maximum atomic E-state index is 5.97. The van der Waals surface area contributed by atoms with Crippen molar-refractivity contribution in [2.75, 3.05) is 32.7 Å². The maximum absolute atomic E-state index is 5.97. The van der Waals surface area contributed by atoms with Crippen LogP contribution in [0.3, 0.4) is 0 Å². The predicted octanol–water partition coefficient (Wildman–Crippen LogP) is 2.08. The van der Waals surface area contributed by atoms with Crippen molar-refractivity contribution in [3.8, 4) is 0 Å². The first-order valence-electron chi connectivity index (χ1n) is 7.42. The van der Waals surface area contributed by atoms with E-state index in [1.165, 1.54) is 5.56 Å². The van der Waals surface area contributed by atoms with Gasteiger partial charge in [-0.25, -0.2) is 0 Å². The van der Waals surface area contributed by atoms with Gasteiger partial charge in [0.1, 0.15) is 0 Å². The molecule has 0 spiro atoms. The Morgan fingerprint density at radius 3 is 2.60 bits per heavy atom. The van der Waals surface area contributed by atoms with Gasteiger partial charge in [-0.05, 0) is 19.0 Å². The number of rotatable bonds is 5. The second kappa shape index (κ2) is 7.16. The highest BCUT2D eigenvalue weighted by atomic mass is 32.1. The summed E-state index contributed by atoms with van der Waals surface area (Å²) in [6.45, 7) is 9.93. The molecule has 0 aromatic heterocycles. The van der Waals surface area contributed by atoms with Gasteiger partial charge < -0.3 is 5.73 Å². The Bertz CT molecular complexity index is 435. The first-order chi connectivity index (χ1) is 9.61. The number of thiocarbonyl (C=S) groups is 1. The molecule has 20 heavy (non-hydrogen) atoms. The molecule has 0 amide bonds. The number of hydrogen-bond donors (Lipinski definition) is 1. The summed E-state index contributed by atoms with van der Waals surface area (Å²) < 4.78 is 0. The van der Waals surface area contributed by atoms with E-state index in [4.69, 9.17) is 18.0 Å². The Kier molecular flexibility index (Phi) is 5.52. The highest BCUT2D eigenvalue weighted by Gasteiger charge is 2.25. The molecular weight excluding hydrogens is 266 g/mol. The zero-order valence-electron chi connectivity index (χ0n) is 12.5. The van der Waals surface area contributed by atoms with Crippen molar-refractivity contribution in [3.63, 3.8) is 0 Å². The minimum atomic E-state index is 0.159. The predicted molar refractivity (Wildman–Crippen MR) is 89.1 cm³/mol. The molecule has 1 aromatic carbocycles. The average Bonchev–Trinajstić information content (AvgIpc) is 2.45. The van der Waals surface area contributed by atoms with Gasteiger partial charge >= 0.3 is 0 Å². The summed E-state index contributed by atoms with van der Waals surface area (Å²) in [5.74, 6) is 0.159. The van der Waals surface area contributed by atoms with Crippen LogP contribution in [0, 0.1) is 0 Å². The molecule has 1 aromatic rings. The number of likely N-dealkylation sites (N-methyl/N-ethyl adjacent to an activating group) is 1. The molecular formula is C16H25N3S. The Balaban J connectivity index is 2.01. The van der Waals surface area contributed by atoms with E-state index in [1.54, 1.807) is 0 Å². The summed E-state index contributed by atoms with van der Waals surface area (Å²) in [7, 11) is 0. The summed E-state index contributed by atoms with van der Waals surface area (Å²) in [5.41, 5.74) is 7.20. The van der Waals surface area contributed by atoms with Crippen LogP contribution < -0.4 is 5.73 Å². The van der Waals surface area contributed by atoms with E-state index < -0.39 is 0 Å². The third kappa shape index (κ3) is 3.78. The molecule has 2 rings (SSSR count). The lowest BCUT2D eigenvalue weighted by molar-refractivity contribution is 0.0875. The first kappa shape index (κ1) is 15.4. The monoisotopic (exact) mass is 291 g/mol. The van der Waals surface area contributed by atoms with Crippen LogP contribution >= 0.6 is 12.2 Å². The van der Waals surface area contributed by atoms with Crippen molar-refractivity contribution < 1.29 is 0 Å². The van der Waals surface area contributed by atoms with E-state index in [1.807, 2.05) is 6.07 Å². The highest BCUT2D eigenvalue weighted by molar-refractivity contribution is 7.80. The number of benzene rings is 1. The zero-order chi connectivity index (χ0) is 14.5. The lowest BCUT2D eigenvalue weighted by Gasteiger charge is -2.40. The largest absolute Gasteiger partial charge is 0.393 e. The Hall–Kier alpha value is -0.970. The Morgan fingerprint density at radius 2 is 2.05 bits per heavy atom. The quantitative estimate of drug-likeness (QED) is 0.842. The van der Waals surface area contributed by atoms with Crippen molar-refractivity contribution >= 4 is 17.2 Å². The third-order valence-corrected chi connectivity index (χ3v) is 4.53. The molecule has 4 heteroatoms. The van der Waals surface area contributed by atoms with E-state index in [0.29, 0.717) is 11.0 Å². The molecule has 0 bridgehead atoms. The Morgan fingerprint density at radius 1 is 1.35 bits per heavy atom. The van der Waals surface area contributed by atoms with Crippen molar-refractivity contribution in [1.82, 2.24) is 9.80 Å². The topological polar surface area (TPSA) is 32.5 Å². The molecule has 1 aliphatic rings. The van der Waals surface area contributed by atoms with Crippen LogP contribution in [0.2, 0.25) is 0 Å². The van der Waals surface area contributed by atoms with Gasteiger partial charge in [0.25, 0.3) is 0 Å². The molecule has 2 unspecified atom stereocenters. The summed E-state index contributed by atoms with van der Waals surface area (Å²) in [6.07, 6.45) is 0. The standard InChI is InChI=1S/C16H25N3S/c1-3-19-10-9-18(11-13(19)2)12-15(16(17)20)14-7-5-4-6-8-14/h4-8,13,15H,3,9-12H2,1-2H3,(H2,17,20). The second-order valence-corrected chi connectivity index (χ2v) is 6.07. The number of piperazine rings is 1. The van der Waals surface area contributed by atoms with Crippen LogP contribution in [0.25, 0.3) is 0 Å². The molecule has 2 atom stereocenters. The lowest BCUT2D eigenvalue weighted by Crippen LogP contribution is -2.52. The van der Waals surface area contributed by atoms with Crippen LogP contribution in [0.4, 0.5) is 0 Å². The van der Waals surface area contributed by atoms with Crippen molar-refractivity contribution in [2.45, 2.75) is 25.8 Å². The highest BCUT2D eigenvalue weighted by Crippen LogP contribution is 2.19. The SMILES string of the molecule is CCN1CCN(CC(C(N)=S)c2ccccc2)CC1C. The fourth-order valence-electron chi connectivity index (χ4n) is 3.01. The van der Waals surface area contributed by atoms with Gasteiger partial charge in [-0.3, -0.25) is 9.80 Å². The minimum Gasteiger partial charge on any atom is -0.393 e. The molecule has 0 aliphatic carbocycles. The third-order valence-electron chi connectivity index (χ3n) is 4.24. The van der Waals surface area contributed by atoms with Crippen LogP contribution in [-0.2, 0) is 0 Å². The van der Waals surface area contributed by atoms with E-state index in [0.717, 1.165) is 32.7 Å². The number of nitrogens with two attached hydrogens (primary N) is 1. The fraction of sp³-hybridized carbons (Fsp3) is 0.562. The summed E-state index contributed by atoms with van der Waals surface area (Å²) >= 11 is 5.28. The molecule has 1 heterocycles. The molecule has 1 fully saturated rings. The molecule has 1 aliphatic heterocycles. The summed E-state index contributed by atoms with van der Waals surface area (Å²) in [5, 5.41) is 0. The molecule has 0 saturated carbocycles. The zero-order valence-corrected chi connectivity index (χ0v) is 13.3. The normalized spacial score (nSPS) is 22.6. The van der Waals surface area contributed by atoms with Gasteiger partial charge in [-0.15, -0.1) is 0 Å². The van der Waals surface area contributed by atoms with Gasteiger partial charge in [-0.2, -0.15) is 0 Å². The second-order valence-electron chi connectivity index (χ2n) is 5.60. The van der Waals surface area contributed by atoms with Crippen molar-refractivity contribution in [2.24, 2.45) is 5.73 Å². The van der Waals surface area contributed by atoms with Crippen LogP contribution in [0.15, 0.2) is 30.3 Å². The van der Waals surface area contributed by atoms with Crippen LogP contribution in [0.1, 0.15) is 25.3 Å².